The van der Waals surface area contributed by atoms with Crippen LogP contribution in [0.2, 0.25) is 0 Å². The predicted molar refractivity (Wildman–Crippen MR) is 105 cm³/mol. The van der Waals surface area contributed by atoms with Crippen LogP contribution in [0.5, 0.6) is 11.5 Å². The first-order chi connectivity index (χ1) is 11.9. The summed E-state index contributed by atoms with van der Waals surface area (Å²) in [5.74, 6) is 2.58. The van der Waals surface area contributed by atoms with Gasteiger partial charge in [0.05, 0.1) is 13.7 Å². The zero-order chi connectivity index (χ0) is 18.4. The number of rotatable bonds is 8. The molecule has 1 unspecified atom stereocenters. The Morgan fingerprint density at radius 3 is 2.40 bits per heavy atom. The van der Waals surface area contributed by atoms with Crippen molar-refractivity contribution >= 4 is 0 Å². The molecule has 0 heterocycles. The summed E-state index contributed by atoms with van der Waals surface area (Å²) < 4.78 is 11.5. The van der Waals surface area contributed by atoms with E-state index in [0.717, 1.165) is 24.5 Å². The summed E-state index contributed by atoms with van der Waals surface area (Å²) in [5.41, 5.74) is 11.0. The minimum Gasteiger partial charge on any atom is -0.496 e. The van der Waals surface area contributed by atoms with Gasteiger partial charge in [0.25, 0.3) is 0 Å². The second kappa shape index (κ2) is 8.91. The molecule has 0 fully saturated rings. The molecule has 0 saturated heterocycles. The highest BCUT2D eigenvalue weighted by Gasteiger charge is 2.17. The van der Waals surface area contributed by atoms with Crippen molar-refractivity contribution in [2.45, 2.75) is 40.0 Å². The first-order valence-corrected chi connectivity index (χ1v) is 9.01. The maximum Gasteiger partial charge on any atom is 0.122 e. The molecular weight excluding hydrogens is 310 g/mol. The molecule has 0 aliphatic heterocycles. The first-order valence-electron chi connectivity index (χ1n) is 9.01. The Morgan fingerprint density at radius 2 is 1.76 bits per heavy atom. The maximum absolute atomic E-state index is 6.11. The van der Waals surface area contributed by atoms with Gasteiger partial charge in [-0.1, -0.05) is 32.0 Å². The molecule has 3 nitrogen and oxygen atoms in total. The lowest BCUT2D eigenvalue weighted by atomic mass is 9.89. The highest BCUT2D eigenvalue weighted by Crippen LogP contribution is 2.32. The summed E-state index contributed by atoms with van der Waals surface area (Å²) in [6.45, 7) is 9.85. The number of benzene rings is 2. The third kappa shape index (κ3) is 5.23. The molecule has 0 aromatic heterocycles. The van der Waals surface area contributed by atoms with E-state index >= 15 is 0 Å². The summed E-state index contributed by atoms with van der Waals surface area (Å²) in [6, 6.07) is 12.6. The van der Waals surface area contributed by atoms with E-state index in [2.05, 4.69) is 58.0 Å². The van der Waals surface area contributed by atoms with Crippen molar-refractivity contribution in [2.24, 2.45) is 11.7 Å². The summed E-state index contributed by atoms with van der Waals surface area (Å²) in [5, 5.41) is 0. The molecule has 0 aliphatic carbocycles. The van der Waals surface area contributed by atoms with Crippen LogP contribution in [0.3, 0.4) is 0 Å². The number of hydrogen-bond acceptors (Lipinski definition) is 3. The van der Waals surface area contributed by atoms with Crippen molar-refractivity contribution in [3.8, 4) is 11.5 Å². The molecule has 2 aromatic carbocycles. The molecule has 136 valence electrons. The summed E-state index contributed by atoms with van der Waals surface area (Å²) in [7, 11) is 1.72. The van der Waals surface area contributed by atoms with Gasteiger partial charge >= 0.3 is 0 Å². The smallest absolute Gasteiger partial charge is 0.122 e. The second-order valence-corrected chi connectivity index (χ2v) is 7.17. The van der Waals surface area contributed by atoms with Crippen LogP contribution >= 0.6 is 0 Å². The minimum absolute atomic E-state index is 0.217. The van der Waals surface area contributed by atoms with Crippen LogP contribution < -0.4 is 15.2 Å². The Bertz CT molecular complexity index is 694. The minimum atomic E-state index is 0.217. The van der Waals surface area contributed by atoms with Crippen LogP contribution in [-0.2, 0) is 6.42 Å². The molecule has 2 aromatic rings. The largest absolute Gasteiger partial charge is 0.496 e. The van der Waals surface area contributed by atoms with Crippen molar-refractivity contribution in [1.82, 2.24) is 0 Å². The van der Waals surface area contributed by atoms with Gasteiger partial charge in [0.2, 0.25) is 0 Å². The topological polar surface area (TPSA) is 44.5 Å². The van der Waals surface area contributed by atoms with Crippen LogP contribution in [0.15, 0.2) is 36.4 Å². The monoisotopic (exact) mass is 341 g/mol. The van der Waals surface area contributed by atoms with Crippen molar-refractivity contribution in [2.75, 3.05) is 20.3 Å². The van der Waals surface area contributed by atoms with Crippen molar-refractivity contribution in [3.05, 3.63) is 58.7 Å². The molecule has 2 rings (SSSR count). The van der Waals surface area contributed by atoms with Crippen LogP contribution in [-0.4, -0.2) is 20.3 Å². The molecule has 0 amide bonds. The van der Waals surface area contributed by atoms with E-state index < -0.39 is 0 Å². The average Bonchev–Trinajstić information content (AvgIpc) is 2.60. The van der Waals surface area contributed by atoms with Crippen LogP contribution in [0.25, 0.3) is 0 Å². The van der Waals surface area contributed by atoms with E-state index in [1.54, 1.807) is 7.11 Å². The van der Waals surface area contributed by atoms with Gasteiger partial charge in [0.1, 0.15) is 11.5 Å². The SMILES string of the molecule is COc1cc(C)c(C)cc1C(CN)Cc1cccc(OCC(C)C)c1. The molecule has 0 saturated carbocycles. The van der Waals surface area contributed by atoms with Gasteiger partial charge in [-0.15, -0.1) is 0 Å². The third-order valence-electron chi connectivity index (χ3n) is 4.53. The number of aryl methyl sites for hydroxylation is 2. The number of hydrogen-bond donors (Lipinski definition) is 1. The van der Waals surface area contributed by atoms with E-state index in [1.807, 2.05) is 6.07 Å². The van der Waals surface area contributed by atoms with Crippen molar-refractivity contribution < 1.29 is 9.47 Å². The van der Waals surface area contributed by atoms with Gasteiger partial charge in [-0.3, -0.25) is 0 Å². The van der Waals surface area contributed by atoms with Crippen LogP contribution in [0.1, 0.15) is 42.0 Å². The molecule has 1 atom stereocenters. The molecule has 0 bridgehead atoms. The molecule has 3 heteroatoms. The second-order valence-electron chi connectivity index (χ2n) is 7.17. The Hall–Kier alpha value is -2.00. The van der Waals surface area contributed by atoms with E-state index in [1.165, 1.54) is 22.3 Å². The normalized spacial score (nSPS) is 12.3. The van der Waals surface area contributed by atoms with Gasteiger partial charge in [0, 0.05) is 5.92 Å². The maximum atomic E-state index is 6.11. The zero-order valence-electron chi connectivity index (χ0n) is 16.1. The summed E-state index contributed by atoms with van der Waals surface area (Å²) >= 11 is 0. The summed E-state index contributed by atoms with van der Waals surface area (Å²) in [6.07, 6.45) is 0.869. The molecule has 0 aliphatic rings. The number of nitrogens with two attached hydrogens (primary N) is 1. The molecule has 0 radical (unpaired) electrons. The Labute approximate surface area is 152 Å². The Kier molecular flexibility index (Phi) is 6.89. The Morgan fingerprint density at radius 1 is 1.04 bits per heavy atom. The quantitative estimate of drug-likeness (QED) is 0.761. The van der Waals surface area contributed by atoms with Gasteiger partial charge in [-0.2, -0.15) is 0 Å². The highest BCUT2D eigenvalue weighted by molar-refractivity contribution is 5.44. The third-order valence-corrected chi connectivity index (χ3v) is 4.53. The predicted octanol–water partition coefficient (Wildman–Crippen LogP) is 4.63. The van der Waals surface area contributed by atoms with E-state index in [-0.39, 0.29) is 5.92 Å². The molecule has 2 N–H and O–H groups in total. The average molecular weight is 341 g/mol. The van der Waals surface area contributed by atoms with Crippen molar-refractivity contribution in [3.63, 3.8) is 0 Å². The van der Waals surface area contributed by atoms with Gasteiger partial charge in [-0.05, 0) is 73.2 Å². The molecule has 25 heavy (non-hydrogen) atoms. The summed E-state index contributed by atoms with van der Waals surface area (Å²) in [4.78, 5) is 0. The van der Waals surface area contributed by atoms with Crippen LogP contribution in [0, 0.1) is 19.8 Å². The lowest BCUT2D eigenvalue weighted by Gasteiger charge is -2.20. The number of methoxy groups -OCH3 is 1. The van der Waals surface area contributed by atoms with Gasteiger partial charge in [0.15, 0.2) is 0 Å². The van der Waals surface area contributed by atoms with E-state index in [0.29, 0.717) is 12.5 Å². The van der Waals surface area contributed by atoms with E-state index in [9.17, 15) is 0 Å². The lowest BCUT2D eigenvalue weighted by Crippen LogP contribution is -2.16. The fraction of sp³-hybridized carbons (Fsp3) is 0.455. The Balaban J connectivity index is 2.23. The fourth-order valence-electron chi connectivity index (χ4n) is 2.94. The first kappa shape index (κ1) is 19.3. The fourth-order valence-corrected chi connectivity index (χ4v) is 2.94. The van der Waals surface area contributed by atoms with Crippen molar-refractivity contribution in [1.29, 1.82) is 0 Å². The molecule has 0 spiro atoms. The standard InChI is InChI=1S/C22H31NO2/c1-15(2)14-25-20-8-6-7-18(12-20)11-19(13-23)21-9-16(3)17(4)10-22(21)24-5/h6-10,12,15,19H,11,13-14,23H2,1-5H3. The van der Waals surface area contributed by atoms with Gasteiger partial charge in [-0.25, -0.2) is 0 Å². The highest BCUT2D eigenvalue weighted by atomic mass is 16.5. The van der Waals surface area contributed by atoms with E-state index in [4.69, 9.17) is 15.2 Å². The lowest BCUT2D eigenvalue weighted by molar-refractivity contribution is 0.271. The van der Waals surface area contributed by atoms with Crippen LogP contribution in [0.4, 0.5) is 0 Å². The van der Waals surface area contributed by atoms with Gasteiger partial charge < -0.3 is 15.2 Å². The number of ether oxygens (including phenoxy) is 2. The molecular formula is C22H31NO2. The zero-order valence-corrected chi connectivity index (χ0v) is 16.1.